The summed E-state index contributed by atoms with van der Waals surface area (Å²) in [5.74, 6) is 0.416. The van der Waals surface area contributed by atoms with Crippen LogP contribution < -0.4 is 0 Å². The van der Waals surface area contributed by atoms with Crippen molar-refractivity contribution in [2.75, 3.05) is 6.61 Å². The Morgan fingerprint density at radius 1 is 1.11 bits per heavy atom. The van der Waals surface area contributed by atoms with Gasteiger partial charge in [0.15, 0.2) is 6.23 Å². The third-order valence-corrected chi connectivity index (χ3v) is 4.61. The van der Waals surface area contributed by atoms with E-state index in [1.165, 1.54) is 0 Å². The molecule has 2 saturated heterocycles. The van der Waals surface area contributed by atoms with Crippen LogP contribution in [0.3, 0.4) is 0 Å². The molecule has 3 aliphatic rings. The predicted molar refractivity (Wildman–Crippen MR) is 67.0 cm³/mol. The third-order valence-electron chi connectivity index (χ3n) is 4.61. The zero-order valence-corrected chi connectivity index (χ0v) is 10.5. The quantitative estimate of drug-likeness (QED) is 0.766. The summed E-state index contributed by atoms with van der Waals surface area (Å²) in [6.07, 6.45) is 0.708. The van der Waals surface area contributed by atoms with Crippen LogP contribution >= 0.6 is 0 Å². The van der Waals surface area contributed by atoms with Crippen LogP contribution in [0.2, 0.25) is 0 Å². The van der Waals surface area contributed by atoms with E-state index in [1.54, 1.807) is 0 Å². The second-order valence-electron chi connectivity index (χ2n) is 5.63. The van der Waals surface area contributed by atoms with Crippen molar-refractivity contribution < 1.29 is 14.3 Å². The topological polar surface area (TPSA) is 46.6 Å². The Labute approximate surface area is 111 Å². The minimum Gasteiger partial charge on any atom is -0.352 e. The average Bonchev–Trinajstić information content (AvgIpc) is 3.06. The number of ketones is 1. The minimum atomic E-state index is -0.264. The molecule has 2 heterocycles. The highest BCUT2D eigenvalue weighted by molar-refractivity contribution is 5.93. The minimum absolute atomic E-state index is 0.0902. The molecule has 98 valence electrons. The summed E-state index contributed by atoms with van der Waals surface area (Å²) < 4.78 is 5.81. The molecule has 19 heavy (non-hydrogen) atoms. The molecule has 1 amide bonds. The molecule has 2 unspecified atom stereocenters. The van der Waals surface area contributed by atoms with E-state index in [1.807, 2.05) is 35.2 Å². The van der Waals surface area contributed by atoms with E-state index in [4.69, 9.17) is 4.74 Å². The Morgan fingerprint density at radius 3 is 2.68 bits per heavy atom. The summed E-state index contributed by atoms with van der Waals surface area (Å²) in [4.78, 5) is 25.9. The Balaban J connectivity index is 1.67. The highest BCUT2D eigenvalue weighted by atomic mass is 16.5. The van der Waals surface area contributed by atoms with Gasteiger partial charge in [0.25, 0.3) is 0 Å². The molecule has 0 aromatic heterocycles. The summed E-state index contributed by atoms with van der Waals surface area (Å²) in [6, 6.07) is 9.93. The molecule has 1 saturated carbocycles. The van der Waals surface area contributed by atoms with Crippen molar-refractivity contribution in [1.82, 2.24) is 4.90 Å². The lowest BCUT2D eigenvalue weighted by Gasteiger charge is -2.23. The van der Waals surface area contributed by atoms with Gasteiger partial charge in [-0.25, -0.2) is 0 Å². The summed E-state index contributed by atoms with van der Waals surface area (Å²) in [6.45, 7) is 0.555. The number of Topliss-reactive ketones (excluding diaryl/α,β-unsaturated/α-hetero) is 1. The molecule has 0 spiro atoms. The first kappa shape index (κ1) is 11.2. The van der Waals surface area contributed by atoms with Gasteiger partial charge in [0.1, 0.15) is 5.78 Å². The molecule has 4 atom stereocenters. The Kier molecular flexibility index (Phi) is 2.30. The standard InChI is InChI=1S/C15H15NO3/c17-10-6-11-12(7-10)14(18)16-13(11)8-19-15(16)9-4-2-1-3-5-9/h1-5,11-13,15H,6-8H2/t11-,12+,13?,15?/m0/s1. The number of rotatable bonds is 1. The van der Waals surface area contributed by atoms with E-state index in [0.29, 0.717) is 19.4 Å². The zero-order valence-electron chi connectivity index (χ0n) is 10.5. The van der Waals surface area contributed by atoms with Gasteiger partial charge in [-0.3, -0.25) is 9.59 Å². The van der Waals surface area contributed by atoms with Crippen LogP contribution in [0.1, 0.15) is 24.6 Å². The monoisotopic (exact) mass is 257 g/mol. The van der Waals surface area contributed by atoms with Gasteiger partial charge in [-0.15, -0.1) is 0 Å². The number of hydrogen-bond acceptors (Lipinski definition) is 3. The number of ether oxygens (including phenoxy) is 1. The van der Waals surface area contributed by atoms with Crippen LogP contribution in [0.15, 0.2) is 30.3 Å². The lowest BCUT2D eigenvalue weighted by Crippen LogP contribution is -2.34. The number of carbonyl (C=O) groups is 2. The van der Waals surface area contributed by atoms with Crippen molar-refractivity contribution in [1.29, 1.82) is 0 Å². The van der Waals surface area contributed by atoms with Gasteiger partial charge in [-0.2, -0.15) is 0 Å². The van der Waals surface area contributed by atoms with E-state index < -0.39 is 0 Å². The number of fused-ring (bicyclic) bond motifs is 3. The fraction of sp³-hybridized carbons (Fsp3) is 0.467. The molecule has 1 aromatic carbocycles. The second kappa shape index (κ2) is 3.90. The smallest absolute Gasteiger partial charge is 0.229 e. The number of nitrogens with zero attached hydrogens (tertiary/aromatic N) is 1. The molecule has 1 aliphatic carbocycles. The molecule has 0 bridgehead atoms. The van der Waals surface area contributed by atoms with E-state index in [9.17, 15) is 9.59 Å². The summed E-state index contributed by atoms with van der Waals surface area (Å²) in [5, 5.41) is 0. The highest BCUT2D eigenvalue weighted by Crippen LogP contribution is 2.48. The van der Waals surface area contributed by atoms with Crippen molar-refractivity contribution in [3.05, 3.63) is 35.9 Å². The first-order valence-electron chi connectivity index (χ1n) is 6.76. The molecule has 2 aliphatic heterocycles. The Morgan fingerprint density at radius 2 is 1.89 bits per heavy atom. The SMILES string of the molecule is O=C1C[C@@H]2C3COC(c4ccccc4)N3C(=O)[C@@H]2C1. The van der Waals surface area contributed by atoms with Gasteiger partial charge < -0.3 is 9.64 Å². The maximum Gasteiger partial charge on any atom is 0.229 e. The first-order valence-corrected chi connectivity index (χ1v) is 6.76. The molecule has 3 fully saturated rings. The van der Waals surface area contributed by atoms with Gasteiger partial charge >= 0.3 is 0 Å². The lowest BCUT2D eigenvalue weighted by atomic mass is 9.94. The van der Waals surface area contributed by atoms with E-state index in [0.717, 1.165) is 5.56 Å². The molecule has 4 nitrogen and oxygen atoms in total. The molecule has 1 aromatic rings. The predicted octanol–water partition coefficient (Wildman–Crippen LogP) is 1.52. The zero-order chi connectivity index (χ0) is 13.0. The summed E-state index contributed by atoms with van der Waals surface area (Å²) in [5.41, 5.74) is 1.02. The fourth-order valence-electron chi connectivity index (χ4n) is 3.76. The number of hydrogen-bond donors (Lipinski definition) is 0. The molecule has 4 heteroatoms. The van der Waals surface area contributed by atoms with Crippen LogP contribution in [0.4, 0.5) is 0 Å². The maximum atomic E-state index is 12.5. The summed E-state index contributed by atoms with van der Waals surface area (Å²) in [7, 11) is 0. The Bertz CT molecular complexity index is 542. The summed E-state index contributed by atoms with van der Waals surface area (Å²) >= 11 is 0. The van der Waals surface area contributed by atoms with Crippen molar-refractivity contribution in [3.8, 4) is 0 Å². The van der Waals surface area contributed by atoms with Crippen molar-refractivity contribution in [3.63, 3.8) is 0 Å². The van der Waals surface area contributed by atoms with E-state index >= 15 is 0 Å². The molecule has 0 N–H and O–H groups in total. The van der Waals surface area contributed by atoms with Crippen LogP contribution in [0.25, 0.3) is 0 Å². The number of carbonyl (C=O) groups excluding carboxylic acids is 2. The van der Waals surface area contributed by atoms with Gasteiger partial charge in [-0.1, -0.05) is 30.3 Å². The van der Waals surface area contributed by atoms with Crippen LogP contribution in [0.5, 0.6) is 0 Å². The van der Waals surface area contributed by atoms with Crippen molar-refractivity contribution >= 4 is 11.7 Å². The average molecular weight is 257 g/mol. The first-order chi connectivity index (χ1) is 9.25. The Hall–Kier alpha value is -1.68. The van der Waals surface area contributed by atoms with Gasteiger partial charge in [0.05, 0.1) is 18.6 Å². The van der Waals surface area contributed by atoms with Gasteiger partial charge in [0, 0.05) is 24.3 Å². The molecular formula is C15H15NO3. The van der Waals surface area contributed by atoms with Crippen LogP contribution in [-0.4, -0.2) is 29.2 Å². The van der Waals surface area contributed by atoms with Gasteiger partial charge in [0.2, 0.25) is 5.91 Å². The largest absolute Gasteiger partial charge is 0.352 e. The van der Waals surface area contributed by atoms with Crippen LogP contribution in [0, 0.1) is 11.8 Å². The second-order valence-corrected chi connectivity index (χ2v) is 5.63. The molecule has 4 rings (SSSR count). The molecular weight excluding hydrogens is 242 g/mol. The van der Waals surface area contributed by atoms with E-state index in [-0.39, 0.29) is 35.8 Å². The normalized spacial score (nSPS) is 36.7. The number of amides is 1. The van der Waals surface area contributed by atoms with Crippen LogP contribution in [-0.2, 0) is 14.3 Å². The van der Waals surface area contributed by atoms with Gasteiger partial charge in [-0.05, 0) is 0 Å². The molecule has 0 radical (unpaired) electrons. The van der Waals surface area contributed by atoms with E-state index in [2.05, 4.69) is 0 Å². The van der Waals surface area contributed by atoms with Crippen molar-refractivity contribution in [2.24, 2.45) is 11.8 Å². The third kappa shape index (κ3) is 1.49. The highest BCUT2D eigenvalue weighted by Gasteiger charge is 2.57. The van der Waals surface area contributed by atoms with Crippen molar-refractivity contribution in [2.45, 2.75) is 25.1 Å². The maximum absolute atomic E-state index is 12.5. The fourth-order valence-corrected chi connectivity index (χ4v) is 3.76. The lowest BCUT2D eigenvalue weighted by molar-refractivity contribution is -0.138. The number of benzene rings is 1.